The molecule has 4 nitrogen and oxygen atoms in total. The second-order valence-corrected chi connectivity index (χ2v) is 5.65. The van der Waals surface area contributed by atoms with E-state index in [1.54, 1.807) is 0 Å². The first-order valence-electron chi connectivity index (χ1n) is 6.92. The number of amides is 1. The maximum atomic E-state index is 12.3. The Bertz CT molecular complexity index is 453. The van der Waals surface area contributed by atoms with Crippen LogP contribution in [0.15, 0.2) is 6.07 Å². The van der Waals surface area contributed by atoms with Crippen LogP contribution in [0, 0.1) is 19.3 Å². The van der Waals surface area contributed by atoms with E-state index in [9.17, 15) is 9.90 Å². The standard InChI is InChI=1S/C15H23ClN2O2/c1-5-15(6-2,9-19)8-17-14(20)12-10(3)7-11(4)18-13(12)16/h7,19H,5-6,8-9H2,1-4H3,(H,17,20). The number of halogens is 1. The fraction of sp³-hybridized carbons (Fsp3) is 0.600. The zero-order valence-electron chi connectivity index (χ0n) is 12.6. The Kier molecular flexibility index (Phi) is 5.96. The summed E-state index contributed by atoms with van der Waals surface area (Å²) < 4.78 is 0. The third-order valence-corrected chi connectivity index (χ3v) is 4.26. The third kappa shape index (κ3) is 3.70. The molecule has 0 aliphatic carbocycles. The lowest BCUT2D eigenvalue weighted by molar-refractivity contribution is 0.0850. The van der Waals surface area contributed by atoms with Crippen molar-refractivity contribution in [3.05, 3.63) is 28.0 Å². The molecule has 20 heavy (non-hydrogen) atoms. The fourth-order valence-electron chi connectivity index (χ4n) is 2.20. The molecule has 1 heterocycles. The quantitative estimate of drug-likeness (QED) is 0.794. The lowest BCUT2D eigenvalue weighted by atomic mass is 9.83. The zero-order valence-corrected chi connectivity index (χ0v) is 13.3. The summed E-state index contributed by atoms with van der Waals surface area (Å²) in [5, 5.41) is 12.6. The first-order chi connectivity index (χ1) is 9.39. The molecule has 0 aliphatic heterocycles. The highest BCUT2D eigenvalue weighted by molar-refractivity contribution is 6.32. The number of hydrogen-bond acceptors (Lipinski definition) is 3. The number of pyridine rings is 1. The molecule has 0 spiro atoms. The highest BCUT2D eigenvalue weighted by Gasteiger charge is 2.26. The number of aliphatic hydroxyl groups is 1. The van der Waals surface area contributed by atoms with Gasteiger partial charge in [0.25, 0.3) is 5.91 Å². The van der Waals surface area contributed by atoms with Crippen LogP contribution < -0.4 is 5.32 Å². The minimum Gasteiger partial charge on any atom is -0.396 e. The molecule has 0 saturated carbocycles. The van der Waals surface area contributed by atoms with Crippen LogP contribution in [-0.4, -0.2) is 29.1 Å². The Morgan fingerprint density at radius 1 is 1.40 bits per heavy atom. The second kappa shape index (κ2) is 7.04. The van der Waals surface area contributed by atoms with Gasteiger partial charge < -0.3 is 10.4 Å². The normalized spacial score (nSPS) is 11.5. The van der Waals surface area contributed by atoms with E-state index in [0.29, 0.717) is 12.1 Å². The monoisotopic (exact) mass is 298 g/mol. The number of aromatic nitrogens is 1. The molecule has 0 aliphatic rings. The zero-order chi connectivity index (χ0) is 15.3. The first-order valence-corrected chi connectivity index (χ1v) is 7.29. The number of carbonyl (C=O) groups is 1. The van der Waals surface area contributed by atoms with Crippen LogP contribution in [0.25, 0.3) is 0 Å². The van der Waals surface area contributed by atoms with Crippen molar-refractivity contribution in [1.82, 2.24) is 10.3 Å². The Hall–Kier alpha value is -1.13. The van der Waals surface area contributed by atoms with E-state index in [4.69, 9.17) is 11.6 Å². The number of nitrogens with zero attached hydrogens (tertiary/aromatic N) is 1. The highest BCUT2D eigenvalue weighted by atomic mass is 35.5. The van der Waals surface area contributed by atoms with E-state index >= 15 is 0 Å². The van der Waals surface area contributed by atoms with Gasteiger partial charge in [-0.2, -0.15) is 0 Å². The van der Waals surface area contributed by atoms with Gasteiger partial charge >= 0.3 is 0 Å². The Balaban J connectivity index is 2.88. The van der Waals surface area contributed by atoms with Crippen LogP contribution in [0.5, 0.6) is 0 Å². The molecule has 1 rings (SSSR count). The van der Waals surface area contributed by atoms with Crippen LogP contribution in [0.1, 0.15) is 48.3 Å². The van der Waals surface area contributed by atoms with Gasteiger partial charge in [0.15, 0.2) is 0 Å². The largest absolute Gasteiger partial charge is 0.396 e. The number of hydrogen-bond donors (Lipinski definition) is 2. The van der Waals surface area contributed by atoms with Gasteiger partial charge in [-0.3, -0.25) is 4.79 Å². The summed E-state index contributed by atoms with van der Waals surface area (Å²) in [6, 6.07) is 1.83. The Morgan fingerprint density at radius 2 is 2.00 bits per heavy atom. The van der Waals surface area contributed by atoms with Gasteiger partial charge in [-0.15, -0.1) is 0 Å². The minimum atomic E-state index is -0.270. The van der Waals surface area contributed by atoms with Crippen molar-refractivity contribution in [1.29, 1.82) is 0 Å². The number of nitrogens with one attached hydrogen (secondary N) is 1. The molecular weight excluding hydrogens is 276 g/mol. The Labute approximate surface area is 125 Å². The molecule has 1 aromatic rings. The molecule has 1 amide bonds. The van der Waals surface area contributed by atoms with Gasteiger partial charge in [0, 0.05) is 17.7 Å². The molecular formula is C15H23ClN2O2. The molecule has 112 valence electrons. The van der Waals surface area contributed by atoms with E-state index in [2.05, 4.69) is 10.3 Å². The molecule has 2 N–H and O–H groups in total. The van der Waals surface area contributed by atoms with Crippen molar-refractivity contribution in [3.8, 4) is 0 Å². The highest BCUT2D eigenvalue weighted by Crippen LogP contribution is 2.25. The van der Waals surface area contributed by atoms with Crippen molar-refractivity contribution in [2.45, 2.75) is 40.5 Å². The van der Waals surface area contributed by atoms with E-state index in [1.165, 1.54) is 0 Å². The molecule has 0 aromatic carbocycles. The summed E-state index contributed by atoms with van der Waals surface area (Å²) in [7, 11) is 0. The van der Waals surface area contributed by atoms with E-state index in [1.807, 2.05) is 33.8 Å². The van der Waals surface area contributed by atoms with Gasteiger partial charge in [0.2, 0.25) is 0 Å². The van der Waals surface area contributed by atoms with Crippen molar-refractivity contribution in [2.75, 3.05) is 13.2 Å². The van der Waals surface area contributed by atoms with Gasteiger partial charge in [-0.1, -0.05) is 25.4 Å². The summed E-state index contributed by atoms with van der Waals surface area (Å²) in [5.41, 5.74) is 1.74. The number of aryl methyl sites for hydroxylation is 2. The SMILES string of the molecule is CCC(CC)(CO)CNC(=O)c1c(C)cc(C)nc1Cl. The van der Waals surface area contributed by atoms with Gasteiger partial charge in [-0.25, -0.2) is 4.98 Å². The van der Waals surface area contributed by atoms with Gasteiger partial charge in [0.05, 0.1) is 12.2 Å². The number of aliphatic hydroxyl groups excluding tert-OH is 1. The predicted octanol–water partition coefficient (Wildman–Crippen LogP) is 2.88. The van der Waals surface area contributed by atoms with E-state index < -0.39 is 0 Å². The van der Waals surface area contributed by atoms with Crippen LogP contribution in [0.3, 0.4) is 0 Å². The molecule has 0 fully saturated rings. The van der Waals surface area contributed by atoms with E-state index in [0.717, 1.165) is 24.1 Å². The maximum absolute atomic E-state index is 12.3. The van der Waals surface area contributed by atoms with Crippen molar-refractivity contribution >= 4 is 17.5 Å². The smallest absolute Gasteiger partial charge is 0.254 e. The topological polar surface area (TPSA) is 62.2 Å². The summed E-state index contributed by atoms with van der Waals surface area (Å²) in [6.45, 7) is 8.19. The third-order valence-electron chi connectivity index (χ3n) is 3.99. The fourth-order valence-corrected chi connectivity index (χ4v) is 2.57. The van der Waals surface area contributed by atoms with Gasteiger partial charge in [0.1, 0.15) is 5.15 Å². The molecule has 5 heteroatoms. The van der Waals surface area contributed by atoms with Crippen LogP contribution in [-0.2, 0) is 0 Å². The predicted molar refractivity (Wildman–Crippen MR) is 81.2 cm³/mol. The lowest BCUT2D eigenvalue weighted by Gasteiger charge is -2.29. The summed E-state index contributed by atoms with van der Waals surface area (Å²) in [5.74, 6) is -0.236. The lowest BCUT2D eigenvalue weighted by Crippen LogP contribution is -2.39. The van der Waals surface area contributed by atoms with E-state index in [-0.39, 0.29) is 23.1 Å². The Morgan fingerprint density at radius 3 is 2.45 bits per heavy atom. The number of rotatable bonds is 6. The molecule has 1 aromatic heterocycles. The molecule has 0 atom stereocenters. The van der Waals surface area contributed by atoms with Crippen molar-refractivity contribution in [3.63, 3.8) is 0 Å². The van der Waals surface area contributed by atoms with Crippen LogP contribution in [0.4, 0.5) is 0 Å². The number of carbonyl (C=O) groups excluding carboxylic acids is 1. The first kappa shape index (κ1) is 16.9. The van der Waals surface area contributed by atoms with Crippen molar-refractivity contribution < 1.29 is 9.90 Å². The second-order valence-electron chi connectivity index (χ2n) is 5.29. The van der Waals surface area contributed by atoms with Crippen LogP contribution in [0.2, 0.25) is 5.15 Å². The summed E-state index contributed by atoms with van der Waals surface area (Å²) in [4.78, 5) is 16.4. The van der Waals surface area contributed by atoms with Crippen molar-refractivity contribution in [2.24, 2.45) is 5.41 Å². The molecule has 0 bridgehead atoms. The molecule has 0 radical (unpaired) electrons. The van der Waals surface area contributed by atoms with Crippen LogP contribution >= 0.6 is 11.6 Å². The molecule has 0 saturated heterocycles. The average Bonchev–Trinajstić information content (AvgIpc) is 2.39. The minimum absolute atomic E-state index is 0.0547. The average molecular weight is 299 g/mol. The summed E-state index contributed by atoms with van der Waals surface area (Å²) in [6.07, 6.45) is 1.61. The molecule has 0 unspecified atom stereocenters. The van der Waals surface area contributed by atoms with Gasteiger partial charge in [-0.05, 0) is 38.3 Å². The maximum Gasteiger partial charge on any atom is 0.254 e. The summed E-state index contributed by atoms with van der Waals surface area (Å²) >= 11 is 6.06.